The average Bonchev–Trinajstić information content (AvgIpc) is 2.71. The van der Waals surface area contributed by atoms with Crippen molar-refractivity contribution in [3.8, 4) is 0 Å². The molecule has 0 radical (unpaired) electrons. The lowest BCUT2D eigenvalue weighted by atomic mass is 10.1. The molecule has 1 aliphatic rings. The van der Waals surface area contributed by atoms with Gasteiger partial charge in [-0.1, -0.05) is 6.07 Å². The molecule has 0 saturated carbocycles. The Hall–Kier alpha value is -2.54. The zero-order valence-electron chi connectivity index (χ0n) is 10.5. The Bertz CT molecular complexity index is 804. The van der Waals surface area contributed by atoms with E-state index in [0.717, 1.165) is 0 Å². The number of halogens is 1. The van der Waals surface area contributed by atoms with Gasteiger partial charge in [-0.05, 0) is 40.2 Å². The number of nitrogens with two attached hydrogens (primary N) is 1. The molecular formula is C14H8BrN3O3. The summed E-state index contributed by atoms with van der Waals surface area (Å²) in [6.07, 6.45) is 1.41. The van der Waals surface area contributed by atoms with Crippen LogP contribution in [0.4, 0.5) is 5.69 Å². The zero-order valence-corrected chi connectivity index (χ0v) is 12.1. The lowest BCUT2D eigenvalue weighted by Gasteiger charge is -2.11. The molecule has 3 amide bonds. The molecule has 0 fully saturated rings. The van der Waals surface area contributed by atoms with Crippen LogP contribution >= 0.6 is 15.9 Å². The molecule has 0 unspecified atom stereocenters. The van der Waals surface area contributed by atoms with E-state index >= 15 is 0 Å². The molecule has 7 heteroatoms. The normalized spacial score (nSPS) is 13.5. The zero-order chi connectivity index (χ0) is 15.1. The minimum Gasteiger partial charge on any atom is -0.398 e. The number of anilines is 1. The molecule has 1 aromatic heterocycles. The van der Waals surface area contributed by atoms with E-state index in [0.29, 0.717) is 9.50 Å². The third-order valence-electron chi connectivity index (χ3n) is 3.12. The number of imide groups is 3. The number of hydrogen-bond acceptors (Lipinski definition) is 5. The largest absolute Gasteiger partial charge is 0.398 e. The summed E-state index contributed by atoms with van der Waals surface area (Å²) in [6.45, 7) is 0. The molecule has 0 saturated heterocycles. The monoisotopic (exact) mass is 345 g/mol. The van der Waals surface area contributed by atoms with Crippen LogP contribution in [-0.4, -0.2) is 27.6 Å². The molecule has 1 aromatic carbocycles. The number of pyridine rings is 1. The summed E-state index contributed by atoms with van der Waals surface area (Å²) in [5, 5.41) is 0. The highest BCUT2D eigenvalue weighted by atomic mass is 79.9. The first-order chi connectivity index (χ1) is 10.0. The highest BCUT2D eigenvalue weighted by Crippen LogP contribution is 2.28. The minimum absolute atomic E-state index is 0.0731. The van der Waals surface area contributed by atoms with Crippen molar-refractivity contribution >= 4 is 39.3 Å². The summed E-state index contributed by atoms with van der Waals surface area (Å²) in [4.78, 5) is 41.5. The molecule has 2 heterocycles. The Morgan fingerprint density at radius 1 is 1.19 bits per heavy atom. The number of carbonyl (C=O) groups excluding carboxylic acids is 3. The number of aromatic nitrogens is 1. The standard InChI is InChI=1S/C14H8BrN3O3/c15-10-6-7(4-5-17-10)12(19)18-13(20)8-2-1-3-9(16)11(8)14(18)21/h1-6H,16H2. The van der Waals surface area contributed by atoms with Gasteiger partial charge in [0.2, 0.25) is 0 Å². The van der Waals surface area contributed by atoms with E-state index in [1.807, 2.05) is 0 Å². The Morgan fingerprint density at radius 3 is 2.62 bits per heavy atom. The van der Waals surface area contributed by atoms with Gasteiger partial charge in [0.25, 0.3) is 17.7 Å². The first-order valence-corrected chi connectivity index (χ1v) is 6.73. The summed E-state index contributed by atoms with van der Waals surface area (Å²) in [5.74, 6) is -2.07. The topological polar surface area (TPSA) is 93.4 Å². The Labute approximate surface area is 127 Å². The SMILES string of the molecule is Nc1cccc2c1C(=O)N(C(=O)c1ccnc(Br)c1)C2=O. The van der Waals surface area contributed by atoms with Crippen molar-refractivity contribution in [2.24, 2.45) is 0 Å². The van der Waals surface area contributed by atoms with Crippen LogP contribution in [0.1, 0.15) is 31.1 Å². The van der Waals surface area contributed by atoms with Crippen LogP contribution in [-0.2, 0) is 0 Å². The maximum atomic E-state index is 12.4. The maximum absolute atomic E-state index is 12.4. The van der Waals surface area contributed by atoms with Crippen LogP contribution in [0.15, 0.2) is 41.1 Å². The predicted molar refractivity (Wildman–Crippen MR) is 77.6 cm³/mol. The summed E-state index contributed by atoms with van der Waals surface area (Å²) < 4.78 is 0.435. The van der Waals surface area contributed by atoms with Crippen molar-refractivity contribution in [3.63, 3.8) is 0 Å². The van der Waals surface area contributed by atoms with Crippen LogP contribution < -0.4 is 5.73 Å². The number of fused-ring (bicyclic) bond motifs is 1. The van der Waals surface area contributed by atoms with Crippen LogP contribution in [0, 0.1) is 0 Å². The molecule has 2 aromatic rings. The van der Waals surface area contributed by atoms with E-state index < -0.39 is 17.7 Å². The van der Waals surface area contributed by atoms with Gasteiger partial charge in [-0.15, -0.1) is 0 Å². The van der Waals surface area contributed by atoms with Crippen molar-refractivity contribution in [1.29, 1.82) is 0 Å². The summed E-state index contributed by atoms with van der Waals surface area (Å²) in [5.41, 5.74) is 6.30. The summed E-state index contributed by atoms with van der Waals surface area (Å²) >= 11 is 3.14. The number of carbonyl (C=O) groups is 3. The molecule has 3 rings (SSSR count). The van der Waals surface area contributed by atoms with Crippen LogP contribution in [0.2, 0.25) is 0 Å². The molecule has 1 aliphatic heterocycles. The van der Waals surface area contributed by atoms with Gasteiger partial charge in [0.1, 0.15) is 4.60 Å². The molecule has 104 valence electrons. The van der Waals surface area contributed by atoms with E-state index in [1.54, 1.807) is 6.07 Å². The van der Waals surface area contributed by atoms with E-state index in [2.05, 4.69) is 20.9 Å². The van der Waals surface area contributed by atoms with E-state index in [1.165, 1.54) is 30.5 Å². The molecule has 6 nitrogen and oxygen atoms in total. The van der Waals surface area contributed by atoms with Crippen LogP contribution in [0.25, 0.3) is 0 Å². The number of benzene rings is 1. The summed E-state index contributed by atoms with van der Waals surface area (Å²) in [7, 11) is 0. The number of nitrogen functional groups attached to an aromatic ring is 1. The van der Waals surface area contributed by atoms with Crippen molar-refractivity contribution in [3.05, 3.63) is 57.8 Å². The summed E-state index contributed by atoms with van der Waals surface area (Å²) in [6, 6.07) is 7.42. The number of rotatable bonds is 1. The Balaban J connectivity index is 2.06. The third kappa shape index (κ3) is 2.02. The van der Waals surface area contributed by atoms with Gasteiger partial charge in [-0.25, -0.2) is 9.88 Å². The van der Waals surface area contributed by atoms with E-state index in [9.17, 15) is 14.4 Å². The van der Waals surface area contributed by atoms with Gasteiger partial charge >= 0.3 is 0 Å². The minimum atomic E-state index is -0.705. The lowest BCUT2D eigenvalue weighted by Crippen LogP contribution is -2.36. The highest BCUT2D eigenvalue weighted by molar-refractivity contribution is 9.10. The highest BCUT2D eigenvalue weighted by Gasteiger charge is 2.41. The Kier molecular flexibility index (Phi) is 3.06. The van der Waals surface area contributed by atoms with Gasteiger partial charge in [-0.2, -0.15) is 0 Å². The smallest absolute Gasteiger partial charge is 0.270 e. The first kappa shape index (κ1) is 13.4. The fourth-order valence-corrected chi connectivity index (χ4v) is 2.53. The van der Waals surface area contributed by atoms with Gasteiger partial charge in [-0.3, -0.25) is 14.4 Å². The molecule has 2 N–H and O–H groups in total. The predicted octanol–water partition coefficient (Wildman–Crippen LogP) is 1.86. The van der Waals surface area contributed by atoms with Crippen LogP contribution in [0.5, 0.6) is 0 Å². The molecule has 0 aliphatic carbocycles. The van der Waals surface area contributed by atoms with Gasteiger partial charge in [0.15, 0.2) is 0 Å². The van der Waals surface area contributed by atoms with E-state index in [4.69, 9.17) is 5.73 Å². The van der Waals surface area contributed by atoms with Gasteiger partial charge in [0, 0.05) is 17.4 Å². The second kappa shape index (κ2) is 4.78. The second-order valence-electron chi connectivity index (χ2n) is 4.39. The maximum Gasteiger partial charge on any atom is 0.270 e. The fraction of sp³-hybridized carbons (Fsp3) is 0. The van der Waals surface area contributed by atoms with Crippen molar-refractivity contribution in [2.75, 3.05) is 5.73 Å². The molecule has 0 atom stereocenters. The number of hydrogen-bond donors (Lipinski definition) is 1. The molecule has 0 spiro atoms. The quantitative estimate of drug-likeness (QED) is 0.483. The average molecular weight is 346 g/mol. The number of amides is 3. The van der Waals surface area contributed by atoms with Crippen LogP contribution in [0.3, 0.4) is 0 Å². The number of nitrogens with zero attached hydrogens (tertiary/aromatic N) is 2. The van der Waals surface area contributed by atoms with Crippen molar-refractivity contribution in [1.82, 2.24) is 9.88 Å². The van der Waals surface area contributed by atoms with E-state index in [-0.39, 0.29) is 22.4 Å². The lowest BCUT2D eigenvalue weighted by molar-refractivity contribution is 0.0566. The Morgan fingerprint density at radius 2 is 1.95 bits per heavy atom. The second-order valence-corrected chi connectivity index (χ2v) is 5.20. The van der Waals surface area contributed by atoms with Crippen molar-refractivity contribution in [2.45, 2.75) is 0 Å². The fourth-order valence-electron chi connectivity index (χ4n) is 2.16. The van der Waals surface area contributed by atoms with Gasteiger partial charge in [0.05, 0.1) is 11.1 Å². The molecular weight excluding hydrogens is 338 g/mol. The third-order valence-corrected chi connectivity index (χ3v) is 3.56. The molecule has 0 bridgehead atoms. The first-order valence-electron chi connectivity index (χ1n) is 5.94. The molecule has 21 heavy (non-hydrogen) atoms. The van der Waals surface area contributed by atoms with Gasteiger partial charge < -0.3 is 5.73 Å². The van der Waals surface area contributed by atoms with Crippen molar-refractivity contribution < 1.29 is 14.4 Å².